The van der Waals surface area contributed by atoms with Crippen LogP contribution in [0.25, 0.3) is 44.3 Å². The zero-order chi connectivity index (χ0) is 55.3. The van der Waals surface area contributed by atoms with Gasteiger partial charge in [-0.25, -0.2) is 50.6 Å². The van der Waals surface area contributed by atoms with Crippen LogP contribution in [0.3, 0.4) is 0 Å². The Morgan fingerprint density at radius 3 is 1.25 bits per heavy atom. The largest absolute Gasteiger partial charge is 0.490 e. The number of carbonyl (C=O) groups excluding carboxylic acids is 2. The maximum atomic E-state index is 12.7. The molecule has 22 nitrogen and oxygen atoms in total. The van der Waals surface area contributed by atoms with E-state index in [1.165, 1.54) is 29.2 Å². The predicted octanol–water partition coefficient (Wildman–Crippen LogP) is 4.08. The Morgan fingerprint density at radius 1 is 0.616 bits per heavy atom. The van der Waals surface area contributed by atoms with Crippen LogP contribution in [0.5, 0.6) is 0 Å². The van der Waals surface area contributed by atoms with Crippen molar-refractivity contribution >= 4 is 72.0 Å². The number of aromatic nitrogens is 4. The molecule has 0 fully saturated rings. The van der Waals surface area contributed by atoms with Crippen molar-refractivity contribution in [3.05, 3.63) is 96.6 Å². The first kappa shape index (κ1) is 59.6. The highest BCUT2D eigenvalue weighted by Gasteiger charge is 2.39. The summed E-state index contributed by atoms with van der Waals surface area (Å²) in [5.41, 5.74) is 21.1. The number of benzene rings is 2. The van der Waals surface area contributed by atoms with Crippen LogP contribution in [0.1, 0.15) is 32.2 Å². The highest BCUT2D eigenvalue weighted by molar-refractivity contribution is 7.89. The fourth-order valence-electron chi connectivity index (χ4n) is 6.23. The second-order valence-electron chi connectivity index (χ2n) is 16.0. The lowest BCUT2D eigenvalue weighted by Gasteiger charge is -2.33. The molecule has 6 aromatic rings. The molecule has 0 saturated carbocycles. The number of amides is 3. The van der Waals surface area contributed by atoms with Gasteiger partial charge in [0.25, 0.3) is 0 Å². The van der Waals surface area contributed by atoms with Crippen LogP contribution in [0, 0.1) is 0 Å². The number of rotatable bonds is 15. The summed E-state index contributed by atoms with van der Waals surface area (Å²) in [6, 6.07) is 20.1. The Labute approximate surface area is 411 Å². The van der Waals surface area contributed by atoms with Crippen molar-refractivity contribution in [1.29, 1.82) is 0 Å². The zero-order valence-corrected chi connectivity index (χ0v) is 40.1. The van der Waals surface area contributed by atoms with E-state index < -0.39 is 67.8 Å². The summed E-state index contributed by atoms with van der Waals surface area (Å²) in [7, 11) is -7.39. The summed E-state index contributed by atoms with van der Waals surface area (Å²) >= 11 is 0. The molecule has 0 aliphatic carbocycles. The second kappa shape index (κ2) is 24.6. The molecule has 0 aliphatic rings. The number of halogens is 6. The van der Waals surface area contributed by atoms with Gasteiger partial charge in [-0.15, -0.1) is 0 Å². The quantitative estimate of drug-likeness (QED) is 0.0648. The summed E-state index contributed by atoms with van der Waals surface area (Å²) in [5.74, 6) is -6.41. The number of fused-ring (bicyclic) bond motifs is 2. The minimum atomic E-state index is -5.08. The first-order chi connectivity index (χ1) is 33.7. The van der Waals surface area contributed by atoms with E-state index in [4.69, 9.17) is 37.0 Å². The normalized spacial score (nSPS) is 11.8. The minimum Gasteiger partial charge on any atom is -0.475 e. The molecule has 4 heterocycles. The van der Waals surface area contributed by atoms with Crippen LogP contribution in [0.15, 0.2) is 95.0 Å². The molecule has 0 spiro atoms. The highest BCUT2D eigenvalue weighted by Crippen LogP contribution is 2.31. The topological polar surface area (TPSA) is 377 Å². The molecule has 0 bridgehead atoms. The molecule has 0 aliphatic heterocycles. The average molecular weight is 1080 g/mol. The fraction of sp³-hybridized carbons (Fsp3) is 0.279. The van der Waals surface area contributed by atoms with Crippen LogP contribution < -0.4 is 26.6 Å². The number of hydrogen-bond acceptors (Lipinski definition) is 12. The highest BCUT2D eigenvalue weighted by atomic mass is 32.2. The van der Waals surface area contributed by atoms with Crippen molar-refractivity contribution in [1.82, 2.24) is 34.3 Å². The van der Waals surface area contributed by atoms with Gasteiger partial charge < -0.3 is 47.4 Å². The molecular weight excluding hydrogens is 1030 g/mol. The Hall–Kier alpha value is -7.67. The maximum absolute atomic E-state index is 12.7. The maximum Gasteiger partial charge on any atom is 0.490 e. The van der Waals surface area contributed by atoms with E-state index in [0.29, 0.717) is 22.7 Å². The lowest BCUT2D eigenvalue weighted by Crippen LogP contribution is -2.48. The van der Waals surface area contributed by atoms with Crippen LogP contribution in [0.2, 0.25) is 0 Å². The Bertz CT molecular complexity index is 3120. The van der Waals surface area contributed by atoms with Gasteiger partial charge in [0.05, 0.1) is 22.6 Å². The molecule has 73 heavy (non-hydrogen) atoms. The molecule has 0 atom stereocenters. The van der Waals surface area contributed by atoms with Crippen molar-refractivity contribution in [3.63, 3.8) is 0 Å². The van der Waals surface area contributed by atoms with Crippen molar-refractivity contribution < 1.29 is 82.5 Å². The van der Waals surface area contributed by atoms with Gasteiger partial charge in [-0.1, -0.05) is 24.3 Å². The van der Waals surface area contributed by atoms with E-state index in [9.17, 15) is 62.7 Å². The monoisotopic (exact) mass is 1070 g/mol. The third-order valence-corrected chi connectivity index (χ3v) is 12.4. The van der Waals surface area contributed by atoms with E-state index in [2.05, 4.69) is 29.4 Å². The third kappa shape index (κ3) is 17.8. The zero-order valence-electron chi connectivity index (χ0n) is 38.5. The van der Waals surface area contributed by atoms with Gasteiger partial charge in [0, 0.05) is 66.3 Å². The molecule has 0 saturated heterocycles. The van der Waals surface area contributed by atoms with E-state index in [1.54, 1.807) is 69.6 Å². The number of carbonyl (C=O) groups is 5. The van der Waals surface area contributed by atoms with Gasteiger partial charge in [-0.2, -0.15) is 26.3 Å². The van der Waals surface area contributed by atoms with Gasteiger partial charge >= 0.3 is 30.4 Å². The van der Waals surface area contributed by atoms with Crippen LogP contribution in [0.4, 0.5) is 31.1 Å². The van der Waals surface area contributed by atoms with E-state index in [1.807, 2.05) is 12.1 Å². The number of sulfonamides is 2. The number of alkyl halides is 6. The molecule has 4 aromatic heterocycles. The molecule has 2 aromatic carbocycles. The molecule has 6 rings (SSSR count). The van der Waals surface area contributed by atoms with Crippen LogP contribution in [-0.2, 0) is 52.1 Å². The summed E-state index contributed by atoms with van der Waals surface area (Å²) in [4.78, 5) is 67.6. The number of nitrogens with zero attached hydrogens (tertiary/aromatic N) is 3. The number of hydrogen-bond donors (Lipinski definition) is 10. The van der Waals surface area contributed by atoms with E-state index >= 15 is 0 Å². The van der Waals surface area contributed by atoms with Gasteiger partial charge in [-0.05, 0) is 91.6 Å². The lowest BCUT2D eigenvalue weighted by atomic mass is 10.0. The first-order valence-corrected chi connectivity index (χ1v) is 23.7. The summed E-state index contributed by atoms with van der Waals surface area (Å²) in [6.07, 6.45) is -7.85. The van der Waals surface area contributed by atoms with Crippen molar-refractivity contribution in [2.45, 2.75) is 61.3 Å². The third-order valence-electron chi connectivity index (χ3n) is 9.45. The SMILES string of the molecule is CC(C)(C)N(CCNS(=O)(=O)c1ccc(-c2ccnc3[nH]c(CC(N)=O)cc23)cc1)C(=O)O.NCCNS(=O)(=O)c1ccc(-c2ccnc3[nH]c(CC(N)=O)cc23)cc1.O=C(O)C(F)(F)F.O=C(O)C(F)(F)F. The number of H-pyrrole nitrogens is 2. The number of aliphatic carboxylic acids is 2. The predicted molar refractivity (Wildman–Crippen MR) is 250 cm³/mol. The van der Waals surface area contributed by atoms with E-state index in [0.717, 1.165) is 33.0 Å². The number of primary amides is 2. The van der Waals surface area contributed by atoms with Crippen molar-refractivity contribution in [2.75, 3.05) is 26.2 Å². The Kier molecular flexibility index (Phi) is 20.1. The molecule has 13 N–H and O–H groups in total. The molecule has 3 amide bonds. The van der Waals surface area contributed by atoms with E-state index in [-0.39, 0.29) is 48.8 Å². The summed E-state index contributed by atoms with van der Waals surface area (Å²) in [5, 5.41) is 25.2. The standard InChI is InChI=1S/C22H27N5O5S.C17H19N5O3S.2C2HF3O2/c1-22(2,3)27(21(29)30)11-10-25-33(31,32)16-6-4-14(5-7-16)17-8-9-24-20-18(17)12-15(26-20)13-19(23)28;18-6-8-21-26(24,25)13-3-1-11(2-4-13)14-5-7-20-17-15(14)9-12(22-17)10-16(19)23;2*3-2(4,5)1(6)7/h4-9,12,25H,10-11,13H2,1-3H3,(H2,23,28)(H,24,26)(H,29,30);1-5,7,9,21H,6,8,10,18H2,(H2,19,23)(H,20,22);2*(H,6,7). The molecule has 396 valence electrons. The smallest absolute Gasteiger partial charge is 0.475 e. The number of carboxylic acid groups (broad SMARTS) is 3. The molecule has 0 unspecified atom stereocenters. The fourth-order valence-corrected chi connectivity index (χ4v) is 8.30. The van der Waals surface area contributed by atoms with Crippen molar-refractivity contribution in [3.8, 4) is 22.3 Å². The average Bonchev–Trinajstić information content (AvgIpc) is 3.89. The second-order valence-corrected chi connectivity index (χ2v) is 19.5. The van der Waals surface area contributed by atoms with Crippen LogP contribution in [-0.4, -0.2) is 131 Å². The van der Waals surface area contributed by atoms with Gasteiger partial charge in [0.2, 0.25) is 31.9 Å². The van der Waals surface area contributed by atoms with Gasteiger partial charge in [0.15, 0.2) is 0 Å². The minimum absolute atomic E-state index is 0.0201. The number of aromatic amines is 2. The number of pyridine rings is 2. The molecular formula is C43H48F6N10O12S2. The number of nitrogens with two attached hydrogens (primary N) is 3. The summed E-state index contributed by atoms with van der Waals surface area (Å²) < 4.78 is 118. The first-order valence-electron chi connectivity index (χ1n) is 20.7. The summed E-state index contributed by atoms with van der Waals surface area (Å²) in [6.45, 7) is 5.61. The molecule has 30 heteroatoms. The van der Waals surface area contributed by atoms with Gasteiger partial charge in [-0.3, -0.25) is 9.59 Å². The Morgan fingerprint density at radius 2 is 0.959 bits per heavy atom. The lowest BCUT2D eigenvalue weighted by molar-refractivity contribution is -0.193. The number of nitrogens with one attached hydrogen (secondary N) is 4. The number of carboxylic acids is 2. The Balaban J connectivity index is 0.000000310. The van der Waals surface area contributed by atoms with Crippen LogP contribution >= 0.6 is 0 Å². The van der Waals surface area contributed by atoms with Crippen molar-refractivity contribution in [2.24, 2.45) is 17.2 Å². The van der Waals surface area contributed by atoms with Gasteiger partial charge in [0.1, 0.15) is 11.3 Å². The molecule has 0 radical (unpaired) electrons.